The van der Waals surface area contributed by atoms with Gasteiger partial charge in [-0.15, -0.1) is 0 Å². The van der Waals surface area contributed by atoms with Gasteiger partial charge >= 0.3 is 0 Å². The zero-order chi connectivity index (χ0) is 30.0. The number of carbonyl (C=O) groups is 2. The molecule has 0 aliphatic rings. The first-order chi connectivity index (χ1) is 19.8. The first-order valence-electron chi connectivity index (χ1n) is 11.8. The van der Waals surface area contributed by atoms with Crippen molar-refractivity contribution in [1.29, 1.82) is 0 Å². The lowest BCUT2D eigenvalue weighted by Gasteiger charge is -2.07. The number of alkyl halides is 1. The molecule has 4 aromatic rings. The summed E-state index contributed by atoms with van der Waals surface area (Å²) >= 11 is 2.70. The van der Waals surface area contributed by atoms with Crippen LogP contribution in [0.1, 0.15) is 20.7 Å². The van der Waals surface area contributed by atoms with Crippen LogP contribution in [-0.2, 0) is 0 Å². The van der Waals surface area contributed by atoms with Gasteiger partial charge in [-0.05, 0) is 97.1 Å². The van der Waals surface area contributed by atoms with Gasteiger partial charge in [0.1, 0.15) is 23.0 Å². The lowest BCUT2D eigenvalue weighted by Crippen LogP contribution is -2.11. The Labute approximate surface area is 244 Å². The molecule has 0 aromatic heterocycles. The number of amides is 2. The Morgan fingerprint density at radius 3 is 1.22 bits per heavy atom. The Morgan fingerprint density at radius 1 is 0.561 bits per heavy atom. The van der Waals surface area contributed by atoms with Crippen molar-refractivity contribution in [3.8, 4) is 23.0 Å². The van der Waals surface area contributed by atoms with Crippen molar-refractivity contribution in [2.24, 2.45) is 0 Å². The molecule has 41 heavy (non-hydrogen) atoms. The molecule has 0 aliphatic carbocycles. The van der Waals surface area contributed by atoms with Crippen LogP contribution in [0.15, 0.2) is 97.1 Å². The number of nitrogens with one attached hydrogen (secondary N) is 2. The number of benzene rings is 4. The Morgan fingerprint density at radius 2 is 0.854 bits per heavy atom. The van der Waals surface area contributed by atoms with Gasteiger partial charge in [0.15, 0.2) is 13.6 Å². The molecule has 0 heterocycles. The van der Waals surface area contributed by atoms with Crippen LogP contribution in [0, 0.1) is 0 Å². The topological polar surface area (TPSA) is 178 Å². The third kappa shape index (κ3) is 12.0. The molecular weight excluding hydrogens is 600 g/mol. The average molecular weight is 629 g/mol. The van der Waals surface area contributed by atoms with E-state index in [9.17, 15) is 9.59 Å². The van der Waals surface area contributed by atoms with Crippen LogP contribution >= 0.6 is 15.9 Å². The number of aromatic hydroxyl groups is 2. The van der Waals surface area contributed by atoms with Crippen LogP contribution in [0.25, 0.3) is 0 Å². The number of hydrogen-bond acceptors (Lipinski definition) is 9. The molecule has 11 nitrogen and oxygen atoms in total. The van der Waals surface area contributed by atoms with Crippen LogP contribution in [0.4, 0.5) is 11.4 Å². The number of hydrogen-bond donors (Lipinski definition) is 7. The molecule has 12 heteroatoms. The molecule has 0 aliphatic heterocycles. The molecule has 0 bridgehead atoms. The monoisotopic (exact) mass is 628 g/mol. The maximum Gasteiger partial charge on any atom is 0.255 e. The number of halogens is 1. The lowest BCUT2D eigenvalue weighted by atomic mass is 10.2. The fourth-order valence-corrected chi connectivity index (χ4v) is 3.05. The molecule has 0 unspecified atom stereocenters. The van der Waals surface area contributed by atoms with Gasteiger partial charge in [-0.1, -0.05) is 15.9 Å². The van der Waals surface area contributed by atoms with Gasteiger partial charge in [0.05, 0.1) is 5.52 Å². The number of aliphatic hydroxyl groups excluding tert-OH is 3. The van der Waals surface area contributed by atoms with Crippen molar-refractivity contribution in [3.05, 3.63) is 108 Å². The fraction of sp³-hybridized carbons (Fsp3) is 0.103. The molecule has 0 atom stereocenters. The van der Waals surface area contributed by atoms with Gasteiger partial charge in [0.25, 0.3) is 11.8 Å². The molecule has 0 radical (unpaired) electrons. The minimum atomic E-state index is -0.409. The highest BCUT2D eigenvalue weighted by atomic mass is 79.9. The number of phenols is 2. The van der Waals surface area contributed by atoms with Crippen molar-refractivity contribution < 1.29 is 44.6 Å². The van der Waals surface area contributed by atoms with Gasteiger partial charge in [-0.3, -0.25) is 9.59 Å². The summed E-state index contributed by atoms with van der Waals surface area (Å²) in [5.41, 5.74) is 2.20. The van der Waals surface area contributed by atoms with Gasteiger partial charge < -0.3 is 45.6 Å². The van der Waals surface area contributed by atoms with E-state index in [0.29, 0.717) is 34.0 Å². The molecule has 7 N–H and O–H groups in total. The highest BCUT2D eigenvalue weighted by molar-refractivity contribution is 9.09. The fourth-order valence-electron chi connectivity index (χ4n) is 3.05. The van der Waals surface area contributed by atoms with Crippen molar-refractivity contribution >= 4 is 39.1 Å². The van der Waals surface area contributed by atoms with E-state index in [1.807, 2.05) is 0 Å². The standard InChI is InChI=1S/C15H15NO5.C13H11NO3.CH3BrO/c17-9-20-13-5-1-11(2-6-13)15(19)16-12-3-7-14(8-4-12)21-10-18;15-11-5-1-9(2-6-11)13(17)14-10-3-7-12(16)8-4-10;2-1-3/h1-8,17-18H,9-10H2,(H,16,19);1-8,15-16H,(H,14,17);3H,1H2. The van der Waals surface area contributed by atoms with Crippen LogP contribution < -0.4 is 20.1 Å². The van der Waals surface area contributed by atoms with E-state index in [-0.39, 0.29) is 28.8 Å². The number of carbonyl (C=O) groups excluding carboxylic acids is 2. The Hall–Kier alpha value is -4.62. The Kier molecular flexibility index (Phi) is 14.2. The summed E-state index contributed by atoms with van der Waals surface area (Å²) in [5.74, 6) is 0.733. The van der Waals surface area contributed by atoms with Gasteiger partial charge in [-0.2, -0.15) is 0 Å². The first kappa shape index (κ1) is 32.6. The average Bonchev–Trinajstić information content (AvgIpc) is 2.97. The second-order valence-corrected chi connectivity index (χ2v) is 8.22. The predicted molar refractivity (Wildman–Crippen MR) is 156 cm³/mol. The molecule has 0 spiro atoms. The SMILES string of the molecule is O=C(Nc1ccc(O)cc1)c1ccc(O)cc1.O=C(Nc1ccc(OCO)cc1)c1ccc(OCO)cc1.OCBr. The molecule has 4 rings (SSSR count). The number of aliphatic hydroxyl groups is 3. The smallest absolute Gasteiger partial charge is 0.255 e. The van der Waals surface area contributed by atoms with Crippen molar-refractivity contribution in [2.45, 2.75) is 0 Å². The second kappa shape index (κ2) is 17.9. The zero-order valence-corrected chi connectivity index (χ0v) is 23.2. The highest BCUT2D eigenvalue weighted by Crippen LogP contribution is 2.18. The van der Waals surface area contributed by atoms with E-state index in [1.165, 1.54) is 36.4 Å². The second-order valence-electron chi connectivity index (χ2n) is 7.72. The number of anilines is 2. The summed E-state index contributed by atoms with van der Waals surface area (Å²) in [6, 6.07) is 25.2. The molecule has 4 aromatic carbocycles. The molecule has 0 saturated carbocycles. The van der Waals surface area contributed by atoms with Crippen molar-refractivity contribution in [2.75, 3.05) is 29.7 Å². The summed E-state index contributed by atoms with van der Waals surface area (Å²) < 4.78 is 9.78. The lowest BCUT2D eigenvalue weighted by molar-refractivity contribution is 0.0979. The summed E-state index contributed by atoms with van der Waals surface area (Å²) in [6.07, 6.45) is 0. The van der Waals surface area contributed by atoms with E-state index in [1.54, 1.807) is 60.7 Å². The summed E-state index contributed by atoms with van der Waals surface area (Å²) in [4.78, 5) is 23.8. The molecule has 2 amide bonds. The maximum absolute atomic E-state index is 12.0. The number of rotatable bonds is 8. The van der Waals surface area contributed by atoms with Crippen LogP contribution in [0.5, 0.6) is 23.0 Å². The van der Waals surface area contributed by atoms with E-state index in [2.05, 4.69) is 26.6 Å². The van der Waals surface area contributed by atoms with Crippen LogP contribution in [0.3, 0.4) is 0 Å². The molecule has 216 valence electrons. The Bertz CT molecular complexity index is 1330. The van der Waals surface area contributed by atoms with Gasteiger partial charge in [0.2, 0.25) is 0 Å². The van der Waals surface area contributed by atoms with E-state index < -0.39 is 13.6 Å². The summed E-state index contributed by atoms with van der Waals surface area (Å²) in [7, 11) is 0. The highest BCUT2D eigenvalue weighted by Gasteiger charge is 2.07. The zero-order valence-electron chi connectivity index (χ0n) is 21.6. The molecule has 0 fully saturated rings. The third-order valence-electron chi connectivity index (χ3n) is 4.95. The quantitative estimate of drug-likeness (QED) is 0.0852. The molecule has 0 saturated heterocycles. The minimum Gasteiger partial charge on any atom is -0.508 e. The van der Waals surface area contributed by atoms with Crippen molar-refractivity contribution in [3.63, 3.8) is 0 Å². The number of ether oxygens (including phenoxy) is 2. The van der Waals surface area contributed by atoms with E-state index in [4.69, 9.17) is 35.0 Å². The van der Waals surface area contributed by atoms with Crippen LogP contribution in [-0.4, -0.2) is 56.4 Å². The maximum atomic E-state index is 12.0. The van der Waals surface area contributed by atoms with E-state index in [0.717, 1.165) is 0 Å². The minimum absolute atomic E-state index is 0.0625. The van der Waals surface area contributed by atoms with Crippen LogP contribution in [0.2, 0.25) is 0 Å². The predicted octanol–water partition coefficient (Wildman–Crippen LogP) is 4.28. The van der Waals surface area contributed by atoms with Gasteiger partial charge in [-0.25, -0.2) is 0 Å². The third-order valence-corrected chi connectivity index (χ3v) is 4.95. The normalized spacial score (nSPS) is 9.66. The largest absolute Gasteiger partial charge is 0.508 e. The molecular formula is C29H29BrN2O9. The van der Waals surface area contributed by atoms with E-state index >= 15 is 0 Å². The summed E-state index contributed by atoms with van der Waals surface area (Å²) in [6.45, 7) is -0.804. The number of phenolic OH excluding ortho intramolecular Hbond substituents is 2. The Balaban J connectivity index is 0.000000266. The summed E-state index contributed by atoms with van der Waals surface area (Å²) in [5, 5.41) is 48.3. The van der Waals surface area contributed by atoms with Crippen molar-refractivity contribution in [1.82, 2.24) is 0 Å². The van der Waals surface area contributed by atoms with Gasteiger partial charge in [0, 0.05) is 22.5 Å². The first-order valence-corrected chi connectivity index (χ1v) is 13.0.